The van der Waals surface area contributed by atoms with E-state index in [0.29, 0.717) is 12.5 Å². The standard InChI is InChI=1S/C16H25NO2/c1-11(2)13-7-6-12(3)14(10-13)8-9-17-16(4,5)15(18)19/h6-7,10-11,17H,8-9H2,1-5H3,(H,18,19). The number of carbonyl (C=O) groups is 1. The molecular formula is C16H25NO2. The Kier molecular flexibility index (Phi) is 5.12. The molecule has 0 radical (unpaired) electrons. The SMILES string of the molecule is Cc1ccc(C(C)C)cc1CCNC(C)(C)C(=O)O. The minimum absolute atomic E-state index is 0.516. The summed E-state index contributed by atoms with van der Waals surface area (Å²) in [6.45, 7) is 10.5. The minimum atomic E-state index is -0.871. The Hall–Kier alpha value is -1.35. The second kappa shape index (κ2) is 6.20. The highest BCUT2D eigenvalue weighted by Gasteiger charge is 2.25. The molecule has 0 amide bonds. The van der Waals surface area contributed by atoms with Gasteiger partial charge in [-0.2, -0.15) is 0 Å². The summed E-state index contributed by atoms with van der Waals surface area (Å²) >= 11 is 0. The van der Waals surface area contributed by atoms with Gasteiger partial charge in [0.05, 0.1) is 0 Å². The number of carboxylic acid groups (broad SMARTS) is 1. The van der Waals surface area contributed by atoms with E-state index in [4.69, 9.17) is 5.11 Å². The first-order chi connectivity index (χ1) is 8.74. The summed E-state index contributed by atoms with van der Waals surface area (Å²) in [5.41, 5.74) is 3.01. The molecule has 0 atom stereocenters. The van der Waals surface area contributed by atoms with Gasteiger partial charge in [-0.3, -0.25) is 4.79 Å². The maximum Gasteiger partial charge on any atom is 0.323 e. The second-order valence-corrected chi connectivity index (χ2v) is 5.95. The van der Waals surface area contributed by atoms with Gasteiger partial charge in [-0.05, 0) is 49.8 Å². The van der Waals surface area contributed by atoms with Crippen LogP contribution in [0.3, 0.4) is 0 Å². The molecule has 0 saturated heterocycles. The first-order valence-corrected chi connectivity index (χ1v) is 6.82. The average Bonchev–Trinajstić information content (AvgIpc) is 2.30. The lowest BCUT2D eigenvalue weighted by Crippen LogP contribution is -2.47. The first-order valence-electron chi connectivity index (χ1n) is 6.82. The Morgan fingerprint density at radius 3 is 2.53 bits per heavy atom. The lowest BCUT2D eigenvalue weighted by molar-refractivity contribution is -0.143. The third-order valence-corrected chi connectivity index (χ3v) is 3.54. The maximum atomic E-state index is 11.0. The van der Waals surface area contributed by atoms with Gasteiger partial charge in [0.1, 0.15) is 5.54 Å². The van der Waals surface area contributed by atoms with E-state index in [0.717, 1.165) is 6.42 Å². The first kappa shape index (κ1) is 15.7. The van der Waals surface area contributed by atoms with Crippen molar-refractivity contribution in [2.24, 2.45) is 0 Å². The molecule has 1 aromatic rings. The van der Waals surface area contributed by atoms with Gasteiger partial charge in [-0.1, -0.05) is 32.0 Å². The third-order valence-electron chi connectivity index (χ3n) is 3.54. The van der Waals surface area contributed by atoms with E-state index >= 15 is 0 Å². The Balaban J connectivity index is 2.68. The van der Waals surface area contributed by atoms with Gasteiger partial charge in [0.2, 0.25) is 0 Å². The minimum Gasteiger partial charge on any atom is -0.480 e. The van der Waals surface area contributed by atoms with E-state index in [2.05, 4.69) is 44.3 Å². The zero-order valence-electron chi connectivity index (χ0n) is 12.6. The number of hydrogen-bond donors (Lipinski definition) is 2. The number of nitrogens with one attached hydrogen (secondary N) is 1. The largest absolute Gasteiger partial charge is 0.480 e. The molecule has 19 heavy (non-hydrogen) atoms. The fraction of sp³-hybridized carbons (Fsp3) is 0.562. The summed E-state index contributed by atoms with van der Waals surface area (Å²) in [7, 11) is 0. The van der Waals surface area contributed by atoms with E-state index in [1.54, 1.807) is 13.8 Å². The number of aliphatic carboxylic acids is 1. The van der Waals surface area contributed by atoms with Crippen LogP contribution in [0.1, 0.15) is 50.3 Å². The Bertz CT molecular complexity index is 450. The topological polar surface area (TPSA) is 49.3 Å². The predicted molar refractivity (Wildman–Crippen MR) is 78.7 cm³/mol. The van der Waals surface area contributed by atoms with Gasteiger partial charge in [-0.15, -0.1) is 0 Å². The van der Waals surface area contributed by atoms with E-state index < -0.39 is 11.5 Å². The van der Waals surface area contributed by atoms with Crippen molar-refractivity contribution in [1.82, 2.24) is 5.32 Å². The Morgan fingerprint density at radius 1 is 1.37 bits per heavy atom. The van der Waals surface area contributed by atoms with Gasteiger partial charge in [0.15, 0.2) is 0 Å². The van der Waals surface area contributed by atoms with Crippen LogP contribution >= 0.6 is 0 Å². The number of carboxylic acids is 1. The second-order valence-electron chi connectivity index (χ2n) is 5.95. The molecule has 0 bridgehead atoms. The zero-order chi connectivity index (χ0) is 14.6. The van der Waals surface area contributed by atoms with Crippen molar-refractivity contribution >= 4 is 5.97 Å². The van der Waals surface area contributed by atoms with Crippen molar-refractivity contribution in [1.29, 1.82) is 0 Å². The van der Waals surface area contributed by atoms with Crippen molar-refractivity contribution in [3.05, 3.63) is 34.9 Å². The lowest BCUT2D eigenvalue weighted by atomic mass is 9.96. The molecule has 0 aliphatic carbocycles. The van der Waals surface area contributed by atoms with Crippen LogP contribution in [-0.4, -0.2) is 23.2 Å². The molecule has 0 unspecified atom stereocenters. The van der Waals surface area contributed by atoms with Gasteiger partial charge in [-0.25, -0.2) is 0 Å². The van der Waals surface area contributed by atoms with Gasteiger partial charge >= 0.3 is 5.97 Å². The Labute approximate surface area is 116 Å². The molecule has 2 N–H and O–H groups in total. The maximum absolute atomic E-state index is 11.0. The number of hydrogen-bond acceptors (Lipinski definition) is 2. The molecule has 106 valence electrons. The van der Waals surface area contributed by atoms with Crippen LogP contribution in [-0.2, 0) is 11.2 Å². The molecule has 0 aliphatic heterocycles. The molecule has 3 heteroatoms. The van der Waals surface area contributed by atoms with Crippen LogP contribution in [0.4, 0.5) is 0 Å². The molecule has 0 fully saturated rings. The van der Waals surface area contributed by atoms with Crippen LogP contribution in [0.15, 0.2) is 18.2 Å². The van der Waals surface area contributed by atoms with Crippen molar-refractivity contribution in [3.63, 3.8) is 0 Å². The molecule has 3 nitrogen and oxygen atoms in total. The Morgan fingerprint density at radius 2 is 2.00 bits per heavy atom. The molecule has 0 aromatic heterocycles. The highest BCUT2D eigenvalue weighted by Crippen LogP contribution is 2.19. The van der Waals surface area contributed by atoms with Crippen LogP contribution in [0.5, 0.6) is 0 Å². The van der Waals surface area contributed by atoms with Crippen molar-refractivity contribution in [3.8, 4) is 0 Å². The molecule has 0 aliphatic rings. The summed E-state index contributed by atoms with van der Waals surface area (Å²) in [4.78, 5) is 11.0. The fourth-order valence-electron chi connectivity index (χ4n) is 1.91. The van der Waals surface area contributed by atoms with Crippen LogP contribution in [0, 0.1) is 6.92 Å². The van der Waals surface area contributed by atoms with E-state index in [1.165, 1.54) is 16.7 Å². The smallest absolute Gasteiger partial charge is 0.323 e. The number of aryl methyl sites for hydroxylation is 1. The number of rotatable bonds is 6. The molecule has 1 rings (SSSR count). The summed E-state index contributed by atoms with van der Waals surface area (Å²) in [6, 6.07) is 6.54. The van der Waals surface area contributed by atoms with Crippen LogP contribution in [0.25, 0.3) is 0 Å². The third kappa shape index (κ3) is 4.35. The van der Waals surface area contributed by atoms with Crippen LogP contribution < -0.4 is 5.32 Å². The van der Waals surface area contributed by atoms with E-state index in [9.17, 15) is 4.79 Å². The lowest BCUT2D eigenvalue weighted by Gasteiger charge is -2.21. The normalized spacial score (nSPS) is 11.9. The van der Waals surface area contributed by atoms with Crippen molar-refractivity contribution < 1.29 is 9.90 Å². The predicted octanol–water partition coefficient (Wildman–Crippen LogP) is 3.11. The fourth-order valence-corrected chi connectivity index (χ4v) is 1.91. The van der Waals surface area contributed by atoms with Gasteiger partial charge in [0.25, 0.3) is 0 Å². The summed E-state index contributed by atoms with van der Waals surface area (Å²) in [6.07, 6.45) is 0.850. The van der Waals surface area contributed by atoms with Gasteiger partial charge in [0, 0.05) is 6.54 Å². The van der Waals surface area contributed by atoms with Crippen molar-refractivity contribution in [2.75, 3.05) is 6.54 Å². The zero-order valence-corrected chi connectivity index (χ0v) is 12.6. The summed E-state index contributed by atoms with van der Waals surface area (Å²) in [5.74, 6) is -0.303. The van der Waals surface area contributed by atoms with Crippen molar-refractivity contribution in [2.45, 2.75) is 52.5 Å². The molecule has 0 saturated carbocycles. The quantitative estimate of drug-likeness (QED) is 0.829. The molecule has 0 heterocycles. The molecule has 0 spiro atoms. The number of benzene rings is 1. The highest BCUT2D eigenvalue weighted by molar-refractivity contribution is 5.77. The van der Waals surface area contributed by atoms with Gasteiger partial charge < -0.3 is 10.4 Å². The summed E-state index contributed by atoms with van der Waals surface area (Å²) < 4.78 is 0. The monoisotopic (exact) mass is 263 g/mol. The highest BCUT2D eigenvalue weighted by atomic mass is 16.4. The van der Waals surface area contributed by atoms with E-state index in [1.807, 2.05) is 0 Å². The molecular weight excluding hydrogens is 238 g/mol. The average molecular weight is 263 g/mol. The van der Waals surface area contributed by atoms with Crippen LogP contribution in [0.2, 0.25) is 0 Å². The molecule has 1 aromatic carbocycles. The van der Waals surface area contributed by atoms with E-state index in [-0.39, 0.29) is 0 Å². The summed E-state index contributed by atoms with van der Waals surface area (Å²) in [5, 5.41) is 12.1.